The Kier molecular flexibility index (Phi) is 6.22. The highest BCUT2D eigenvalue weighted by Gasteiger charge is 2.19. The van der Waals surface area contributed by atoms with Crippen molar-refractivity contribution < 1.29 is 0 Å². The second kappa shape index (κ2) is 7.43. The first kappa shape index (κ1) is 15.9. The third-order valence-corrected chi connectivity index (χ3v) is 3.96. The van der Waals surface area contributed by atoms with Gasteiger partial charge in [0.15, 0.2) is 5.82 Å². The summed E-state index contributed by atoms with van der Waals surface area (Å²) in [5.74, 6) is 0.963. The van der Waals surface area contributed by atoms with Crippen LogP contribution in [0.2, 0.25) is 0 Å². The second-order valence-electron chi connectivity index (χ2n) is 4.92. The predicted molar refractivity (Wildman–Crippen MR) is 81.5 cm³/mol. The van der Waals surface area contributed by atoms with Gasteiger partial charge in [0.2, 0.25) is 0 Å². The fourth-order valence-electron chi connectivity index (χ4n) is 2.75. The molecule has 0 atom stereocenters. The zero-order valence-corrected chi connectivity index (χ0v) is 13.0. The fourth-order valence-corrected chi connectivity index (χ4v) is 2.75. The van der Waals surface area contributed by atoms with Crippen LogP contribution in [0.1, 0.15) is 57.4 Å². The third kappa shape index (κ3) is 3.24. The van der Waals surface area contributed by atoms with Crippen LogP contribution in [-0.2, 0) is 19.4 Å². The van der Waals surface area contributed by atoms with Gasteiger partial charge in [-0.05, 0) is 31.2 Å². The zero-order chi connectivity index (χ0) is 14.4. The van der Waals surface area contributed by atoms with Crippen LogP contribution in [0.4, 0.5) is 5.82 Å². The van der Waals surface area contributed by atoms with Crippen LogP contribution in [-0.4, -0.2) is 23.3 Å². The molecule has 0 aliphatic heterocycles. The first-order valence-electron chi connectivity index (χ1n) is 7.44. The molecule has 0 amide bonds. The molecule has 0 unspecified atom stereocenters. The summed E-state index contributed by atoms with van der Waals surface area (Å²) in [5.41, 5.74) is 9.52. The molecular weight excluding hydrogens is 236 g/mol. The number of nitrogens with two attached hydrogens (primary N) is 1. The van der Waals surface area contributed by atoms with Gasteiger partial charge in [-0.3, -0.25) is 0 Å². The maximum atomic E-state index is 5.98. The summed E-state index contributed by atoms with van der Waals surface area (Å²) in [5, 5.41) is 8.84. The number of nitrogens with zero attached hydrogens (tertiary/aromatic N) is 3. The first-order chi connectivity index (χ1) is 9.14. The van der Waals surface area contributed by atoms with Gasteiger partial charge in [0.05, 0.1) is 5.69 Å². The average molecular weight is 264 g/mol. The van der Waals surface area contributed by atoms with Crippen LogP contribution >= 0.6 is 0 Å². The molecule has 4 heteroatoms. The van der Waals surface area contributed by atoms with Crippen LogP contribution in [0.15, 0.2) is 0 Å². The minimum absolute atomic E-state index is 0.497. The Balaban J connectivity index is 3.27. The number of aryl methyl sites for hydroxylation is 1. The van der Waals surface area contributed by atoms with Crippen LogP contribution in [0.3, 0.4) is 0 Å². The molecule has 0 bridgehead atoms. The quantitative estimate of drug-likeness (QED) is 0.822. The van der Waals surface area contributed by atoms with E-state index in [1.54, 1.807) is 0 Å². The number of hydrogen-bond donors (Lipinski definition) is 1. The Hall–Kier alpha value is -1.16. The van der Waals surface area contributed by atoms with E-state index in [4.69, 9.17) is 5.73 Å². The van der Waals surface area contributed by atoms with Gasteiger partial charge in [0, 0.05) is 25.2 Å². The van der Waals surface area contributed by atoms with Gasteiger partial charge < -0.3 is 10.6 Å². The van der Waals surface area contributed by atoms with Crippen molar-refractivity contribution in [3.8, 4) is 0 Å². The van der Waals surface area contributed by atoms with Crippen molar-refractivity contribution in [3.63, 3.8) is 0 Å². The minimum atomic E-state index is 0.497. The van der Waals surface area contributed by atoms with Crippen molar-refractivity contribution in [1.82, 2.24) is 10.2 Å². The maximum absolute atomic E-state index is 5.98. The molecule has 0 aromatic carbocycles. The lowest BCUT2D eigenvalue weighted by atomic mass is 10.0. The van der Waals surface area contributed by atoms with Crippen molar-refractivity contribution in [3.05, 3.63) is 16.8 Å². The van der Waals surface area contributed by atoms with Gasteiger partial charge in [-0.2, -0.15) is 5.10 Å². The molecular formula is C15H28N4. The topological polar surface area (TPSA) is 55.0 Å². The highest BCUT2D eigenvalue weighted by molar-refractivity contribution is 5.51. The van der Waals surface area contributed by atoms with E-state index in [-0.39, 0.29) is 0 Å². The molecule has 0 saturated heterocycles. The second-order valence-corrected chi connectivity index (χ2v) is 4.92. The summed E-state index contributed by atoms with van der Waals surface area (Å²) in [6, 6.07) is 0.497. The standard InChI is InChI=1S/C15H28N4/c1-6-11(7-2)19(5)15-13(10-16)12(8-3)14(9-4)17-18-15/h11H,6-10,16H2,1-5H3. The van der Waals surface area contributed by atoms with Crippen molar-refractivity contribution in [2.75, 3.05) is 11.9 Å². The summed E-state index contributed by atoms with van der Waals surface area (Å²) >= 11 is 0. The average Bonchev–Trinajstić information content (AvgIpc) is 2.46. The molecule has 108 valence electrons. The zero-order valence-electron chi connectivity index (χ0n) is 13.0. The van der Waals surface area contributed by atoms with E-state index in [0.29, 0.717) is 12.6 Å². The molecule has 1 rings (SSSR count). The molecule has 0 saturated carbocycles. The predicted octanol–water partition coefficient (Wildman–Crippen LogP) is 2.68. The van der Waals surface area contributed by atoms with Crippen LogP contribution < -0.4 is 10.6 Å². The molecule has 0 radical (unpaired) electrons. The lowest BCUT2D eigenvalue weighted by Crippen LogP contribution is -2.33. The van der Waals surface area contributed by atoms with Crippen molar-refractivity contribution in [1.29, 1.82) is 0 Å². The molecule has 4 nitrogen and oxygen atoms in total. The van der Waals surface area contributed by atoms with Gasteiger partial charge in [-0.25, -0.2) is 0 Å². The van der Waals surface area contributed by atoms with E-state index in [1.807, 2.05) is 0 Å². The molecule has 0 aliphatic rings. The van der Waals surface area contributed by atoms with Crippen LogP contribution in [0, 0.1) is 0 Å². The molecule has 0 aliphatic carbocycles. The lowest BCUT2D eigenvalue weighted by Gasteiger charge is -2.29. The minimum Gasteiger partial charge on any atom is -0.355 e. The summed E-state index contributed by atoms with van der Waals surface area (Å²) in [6.45, 7) is 9.23. The number of aromatic nitrogens is 2. The van der Waals surface area contributed by atoms with E-state index in [2.05, 4.69) is 49.8 Å². The van der Waals surface area contributed by atoms with Gasteiger partial charge in [-0.1, -0.05) is 27.7 Å². The highest BCUT2D eigenvalue weighted by Crippen LogP contribution is 2.25. The summed E-state index contributed by atoms with van der Waals surface area (Å²) in [6.07, 6.45) is 4.10. The number of hydrogen-bond acceptors (Lipinski definition) is 4. The van der Waals surface area contributed by atoms with E-state index in [1.165, 1.54) is 11.1 Å². The maximum Gasteiger partial charge on any atom is 0.156 e. The SMILES string of the molecule is CCc1nnc(N(C)C(CC)CC)c(CN)c1CC. The van der Waals surface area contributed by atoms with Crippen molar-refractivity contribution in [2.24, 2.45) is 5.73 Å². The number of anilines is 1. The highest BCUT2D eigenvalue weighted by atomic mass is 15.3. The van der Waals surface area contributed by atoms with E-state index < -0.39 is 0 Å². The fraction of sp³-hybridized carbons (Fsp3) is 0.733. The van der Waals surface area contributed by atoms with Gasteiger partial charge >= 0.3 is 0 Å². The molecule has 0 fully saturated rings. The Morgan fingerprint density at radius 2 is 1.63 bits per heavy atom. The largest absolute Gasteiger partial charge is 0.355 e. The van der Waals surface area contributed by atoms with Crippen LogP contribution in [0.25, 0.3) is 0 Å². The van der Waals surface area contributed by atoms with Crippen molar-refractivity contribution in [2.45, 2.75) is 66.0 Å². The smallest absolute Gasteiger partial charge is 0.156 e. The Morgan fingerprint density at radius 3 is 2.05 bits per heavy atom. The van der Waals surface area contributed by atoms with Crippen LogP contribution in [0.5, 0.6) is 0 Å². The molecule has 2 N–H and O–H groups in total. The monoisotopic (exact) mass is 264 g/mol. The first-order valence-corrected chi connectivity index (χ1v) is 7.44. The van der Waals surface area contributed by atoms with Gasteiger partial charge in [0.25, 0.3) is 0 Å². The summed E-state index contributed by atoms with van der Waals surface area (Å²) in [4.78, 5) is 2.24. The Morgan fingerprint density at radius 1 is 1.00 bits per heavy atom. The Bertz CT molecular complexity index is 399. The number of rotatable bonds is 7. The van der Waals surface area contributed by atoms with Gasteiger partial charge in [0.1, 0.15) is 0 Å². The molecule has 1 aromatic heterocycles. The lowest BCUT2D eigenvalue weighted by molar-refractivity contribution is 0.580. The molecule has 1 heterocycles. The van der Waals surface area contributed by atoms with Gasteiger partial charge in [-0.15, -0.1) is 5.10 Å². The molecule has 0 spiro atoms. The van der Waals surface area contributed by atoms with E-state index in [9.17, 15) is 0 Å². The summed E-state index contributed by atoms with van der Waals surface area (Å²) in [7, 11) is 2.10. The molecule has 19 heavy (non-hydrogen) atoms. The normalized spacial score (nSPS) is 11.1. The van der Waals surface area contributed by atoms with E-state index in [0.717, 1.165) is 37.2 Å². The van der Waals surface area contributed by atoms with E-state index >= 15 is 0 Å². The Labute approximate surface area is 117 Å². The summed E-state index contributed by atoms with van der Waals surface area (Å²) < 4.78 is 0. The third-order valence-electron chi connectivity index (χ3n) is 3.96. The van der Waals surface area contributed by atoms with Crippen molar-refractivity contribution >= 4 is 5.82 Å². The molecule has 1 aromatic rings.